The van der Waals surface area contributed by atoms with Gasteiger partial charge in [-0.1, -0.05) is 84.5 Å². The first-order valence-electron chi connectivity index (χ1n) is 12.5. The Morgan fingerprint density at radius 1 is 0.906 bits per heavy atom. The molecule has 2 unspecified atom stereocenters. The van der Waals surface area contributed by atoms with Crippen molar-refractivity contribution < 1.29 is 9.18 Å². The number of benzene rings is 1. The predicted molar refractivity (Wildman–Crippen MR) is 131 cm³/mol. The van der Waals surface area contributed by atoms with Crippen LogP contribution in [0.3, 0.4) is 0 Å². The van der Waals surface area contributed by atoms with Gasteiger partial charge in [0.05, 0.1) is 11.0 Å². The van der Waals surface area contributed by atoms with Crippen LogP contribution in [0.1, 0.15) is 108 Å². The third kappa shape index (κ3) is 6.18. The van der Waals surface area contributed by atoms with Crippen LogP contribution in [0.15, 0.2) is 18.2 Å². The number of carbonyl (C=O) groups is 1. The molecular weight excluding hydrogens is 425 g/mol. The fraction of sp³-hybridized carbons (Fsp3) is 0.654. The molecule has 0 bridgehead atoms. The zero-order chi connectivity index (χ0) is 22.9. The van der Waals surface area contributed by atoms with E-state index in [2.05, 4.69) is 18.8 Å². The maximum absolute atomic E-state index is 13.7. The molecule has 2 aromatic rings. The van der Waals surface area contributed by atoms with Gasteiger partial charge in [-0.3, -0.25) is 9.69 Å². The van der Waals surface area contributed by atoms with Gasteiger partial charge in [0.1, 0.15) is 11.5 Å². The third-order valence-electron chi connectivity index (χ3n) is 6.45. The van der Waals surface area contributed by atoms with Crippen LogP contribution >= 0.6 is 11.6 Å². The number of hydrogen-bond acceptors (Lipinski definition) is 3. The van der Waals surface area contributed by atoms with Crippen molar-refractivity contribution in [1.82, 2.24) is 9.97 Å². The lowest BCUT2D eigenvalue weighted by atomic mass is 9.99. The highest BCUT2D eigenvalue weighted by molar-refractivity contribution is 6.35. The number of hydrogen-bond donors (Lipinski definition) is 0. The fourth-order valence-corrected chi connectivity index (χ4v) is 4.87. The number of amides is 1. The Bertz CT molecular complexity index is 891. The molecule has 3 rings (SSSR count). The first-order chi connectivity index (χ1) is 15.6. The molecule has 6 heteroatoms. The summed E-state index contributed by atoms with van der Waals surface area (Å²) in [7, 11) is 0. The molecular formula is C26H37ClFN3O. The summed E-state index contributed by atoms with van der Waals surface area (Å²) in [5.74, 6) is 0.0554. The second-order valence-corrected chi connectivity index (χ2v) is 9.49. The van der Waals surface area contributed by atoms with Gasteiger partial charge < -0.3 is 0 Å². The zero-order valence-electron chi connectivity index (χ0n) is 19.6. The van der Waals surface area contributed by atoms with E-state index >= 15 is 0 Å². The smallest absolute Gasteiger partial charge is 0.252 e. The van der Waals surface area contributed by atoms with E-state index in [1.807, 2.05) is 0 Å². The summed E-state index contributed by atoms with van der Waals surface area (Å²) in [5.41, 5.74) is 1.49. The minimum absolute atomic E-state index is 0.0869. The molecule has 0 spiro atoms. The molecule has 0 saturated carbocycles. The molecule has 0 saturated heterocycles. The van der Waals surface area contributed by atoms with Gasteiger partial charge in [-0.2, -0.15) is 0 Å². The SMILES string of the molecule is CCCCCCCCCCC(CCCCC)N1C(=O)C(Cl)c2nc3cc(F)ccc3nc21. The molecule has 1 amide bonds. The van der Waals surface area contributed by atoms with Gasteiger partial charge >= 0.3 is 0 Å². The Hall–Kier alpha value is -1.75. The molecule has 2 atom stereocenters. The first-order valence-corrected chi connectivity index (χ1v) is 12.9. The molecule has 1 aromatic heterocycles. The zero-order valence-corrected chi connectivity index (χ0v) is 20.3. The van der Waals surface area contributed by atoms with Gasteiger partial charge in [0.15, 0.2) is 11.2 Å². The maximum atomic E-state index is 13.7. The van der Waals surface area contributed by atoms with Crippen molar-refractivity contribution >= 4 is 34.4 Å². The van der Waals surface area contributed by atoms with Crippen LogP contribution in [0, 0.1) is 5.82 Å². The fourth-order valence-electron chi connectivity index (χ4n) is 4.62. The Kier molecular flexibility index (Phi) is 9.70. The van der Waals surface area contributed by atoms with Gasteiger partial charge in [-0.15, -0.1) is 11.6 Å². The van der Waals surface area contributed by atoms with Crippen molar-refractivity contribution in [1.29, 1.82) is 0 Å². The number of halogens is 2. The summed E-state index contributed by atoms with van der Waals surface area (Å²) in [5, 5.41) is -0.850. The second-order valence-electron chi connectivity index (χ2n) is 9.05. The van der Waals surface area contributed by atoms with Crippen LogP contribution in [-0.4, -0.2) is 21.9 Å². The van der Waals surface area contributed by atoms with Crippen molar-refractivity contribution in [2.24, 2.45) is 0 Å². The highest BCUT2D eigenvalue weighted by Crippen LogP contribution is 2.41. The average molecular weight is 462 g/mol. The lowest BCUT2D eigenvalue weighted by Crippen LogP contribution is -2.38. The molecule has 2 heterocycles. The first kappa shape index (κ1) is 24.9. The number of fused-ring (bicyclic) bond motifs is 2. The normalized spacial score (nSPS) is 16.7. The molecule has 0 fully saturated rings. The van der Waals surface area contributed by atoms with Gasteiger partial charge in [0, 0.05) is 12.1 Å². The summed E-state index contributed by atoms with van der Waals surface area (Å²) in [6.45, 7) is 4.43. The number of carbonyl (C=O) groups excluding carboxylic acids is 1. The number of aromatic nitrogens is 2. The number of alkyl halides is 1. The predicted octanol–water partition coefficient (Wildman–Crippen LogP) is 7.88. The Balaban J connectivity index is 1.71. The van der Waals surface area contributed by atoms with Gasteiger partial charge in [-0.05, 0) is 25.0 Å². The largest absolute Gasteiger partial charge is 0.290 e. The second kappa shape index (κ2) is 12.5. The minimum atomic E-state index is -0.850. The molecule has 0 N–H and O–H groups in total. The molecule has 0 aliphatic carbocycles. The molecule has 0 radical (unpaired) electrons. The van der Waals surface area contributed by atoms with E-state index in [9.17, 15) is 9.18 Å². The highest BCUT2D eigenvalue weighted by atomic mass is 35.5. The van der Waals surface area contributed by atoms with E-state index in [-0.39, 0.29) is 17.8 Å². The van der Waals surface area contributed by atoms with Crippen molar-refractivity contribution in [2.75, 3.05) is 4.90 Å². The van der Waals surface area contributed by atoms with Gasteiger partial charge in [0.2, 0.25) is 0 Å². The van der Waals surface area contributed by atoms with E-state index in [1.165, 1.54) is 57.1 Å². The molecule has 32 heavy (non-hydrogen) atoms. The highest BCUT2D eigenvalue weighted by Gasteiger charge is 2.42. The molecule has 176 valence electrons. The quantitative estimate of drug-likeness (QED) is 0.212. The molecule has 1 aromatic carbocycles. The minimum Gasteiger partial charge on any atom is -0.290 e. The van der Waals surface area contributed by atoms with E-state index in [0.717, 1.165) is 38.5 Å². The van der Waals surface area contributed by atoms with Gasteiger partial charge in [-0.25, -0.2) is 14.4 Å². The van der Waals surface area contributed by atoms with Gasteiger partial charge in [0.25, 0.3) is 5.91 Å². The number of unbranched alkanes of at least 4 members (excludes halogenated alkanes) is 9. The Morgan fingerprint density at radius 3 is 2.19 bits per heavy atom. The topological polar surface area (TPSA) is 46.1 Å². The number of nitrogens with zero attached hydrogens (tertiary/aromatic N) is 3. The van der Waals surface area contributed by atoms with E-state index in [4.69, 9.17) is 16.6 Å². The molecule has 4 nitrogen and oxygen atoms in total. The average Bonchev–Trinajstić information content (AvgIpc) is 3.02. The number of rotatable bonds is 14. The van der Waals surface area contributed by atoms with E-state index in [0.29, 0.717) is 22.5 Å². The van der Waals surface area contributed by atoms with Crippen LogP contribution in [0.5, 0.6) is 0 Å². The summed E-state index contributed by atoms with van der Waals surface area (Å²) in [6.07, 6.45) is 15.4. The summed E-state index contributed by atoms with van der Waals surface area (Å²) >= 11 is 6.49. The third-order valence-corrected chi connectivity index (χ3v) is 6.85. The van der Waals surface area contributed by atoms with E-state index < -0.39 is 5.38 Å². The van der Waals surface area contributed by atoms with Crippen molar-refractivity contribution in [2.45, 2.75) is 109 Å². The Labute approximate surface area is 197 Å². The lowest BCUT2D eigenvalue weighted by Gasteiger charge is -2.28. The van der Waals surface area contributed by atoms with Crippen LogP contribution in [0.4, 0.5) is 10.2 Å². The molecule has 1 aliphatic heterocycles. The summed E-state index contributed by atoms with van der Waals surface area (Å²) in [4.78, 5) is 24.2. The number of anilines is 1. The Morgan fingerprint density at radius 2 is 1.50 bits per heavy atom. The van der Waals surface area contributed by atoms with Crippen LogP contribution in [-0.2, 0) is 4.79 Å². The maximum Gasteiger partial charge on any atom is 0.252 e. The van der Waals surface area contributed by atoms with Crippen LogP contribution in [0.25, 0.3) is 11.0 Å². The van der Waals surface area contributed by atoms with Crippen LogP contribution in [0.2, 0.25) is 0 Å². The van der Waals surface area contributed by atoms with E-state index in [1.54, 1.807) is 11.0 Å². The summed E-state index contributed by atoms with van der Waals surface area (Å²) in [6, 6.07) is 4.43. The van der Waals surface area contributed by atoms with Crippen molar-refractivity contribution in [3.05, 3.63) is 29.7 Å². The van der Waals surface area contributed by atoms with Crippen LogP contribution < -0.4 is 4.90 Å². The van der Waals surface area contributed by atoms with Crippen molar-refractivity contribution in [3.8, 4) is 0 Å². The lowest BCUT2D eigenvalue weighted by molar-refractivity contribution is -0.118. The monoisotopic (exact) mass is 461 g/mol. The summed E-state index contributed by atoms with van der Waals surface area (Å²) < 4.78 is 13.7. The van der Waals surface area contributed by atoms with Crippen molar-refractivity contribution in [3.63, 3.8) is 0 Å². The standard InChI is InChI=1S/C26H37ClFN3O/c1-3-5-7-8-9-10-11-13-15-20(14-12-6-4-2)31-25-24(23(27)26(31)32)29-22-18-19(28)16-17-21(22)30-25/h16-18,20,23H,3-15H2,1-2H3. The molecule has 1 aliphatic rings.